The van der Waals surface area contributed by atoms with Gasteiger partial charge in [-0.3, -0.25) is 19.3 Å². The first kappa shape index (κ1) is 27.9. The predicted molar refractivity (Wildman–Crippen MR) is 157 cm³/mol. The number of benzene rings is 4. The summed E-state index contributed by atoms with van der Waals surface area (Å²) in [5.41, 5.74) is 4.04. The summed E-state index contributed by atoms with van der Waals surface area (Å²) in [6.45, 7) is 3.90. The highest BCUT2D eigenvalue weighted by Crippen LogP contribution is 2.32. The lowest BCUT2D eigenvalue weighted by Gasteiger charge is -2.29. The number of amides is 3. The molecule has 3 amide bonds. The Morgan fingerprint density at radius 1 is 0.951 bits per heavy atom. The van der Waals surface area contributed by atoms with Crippen molar-refractivity contribution < 1.29 is 23.5 Å². The number of carbonyl (C=O) groups excluding carboxylic acids is 3. The van der Waals surface area contributed by atoms with Gasteiger partial charge in [0.2, 0.25) is 5.91 Å². The lowest BCUT2D eigenvalue weighted by atomic mass is 10.0. The largest absolute Gasteiger partial charge is 0.472 e. The Hall–Kier alpha value is -4.69. The molecule has 0 aromatic heterocycles. The molecule has 5 rings (SSSR count). The van der Waals surface area contributed by atoms with E-state index in [1.165, 1.54) is 17.0 Å². The van der Waals surface area contributed by atoms with Gasteiger partial charge < -0.3 is 15.4 Å². The van der Waals surface area contributed by atoms with Crippen molar-refractivity contribution >= 4 is 40.7 Å². The molecule has 0 saturated heterocycles. The fourth-order valence-electron chi connectivity index (χ4n) is 4.35. The van der Waals surface area contributed by atoms with E-state index in [4.69, 9.17) is 16.3 Å². The van der Waals surface area contributed by atoms with E-state index in [0.717, 1.165) is 16.7 Å². The lowest BCUT2D eigenvalue weighted by molar-refractivity contribution is -0.124. The standard InChI is InChI=1S/C32H27ClFN3O4/c1-19(2)30(38)35-17-20-3-13-28(33)26(15-20)31(39)36-24-10-14-29-27(16-24)32(40)37(18-41-29)25-11-6-22(7-12-25)21-4-8-23(34)9-5-21/h3-16,19H,17-18H2,1-2H3,(H,35,38)(H,36,39). The first-order valence-corrected chi connectivity index (χ1v) is 13.4. The van der Waals surface area contributed by atoms with E-state index >= 15 is 0 Å². The summed E-state index contributed by atoms with van der Waals surface area (Å²) in [5.74, 6) is -0.878. The molecule has 208 valence electrons. The van der Waals surface area contributed by atoms with Crippen molar-refractivity contribution in [2.45, 2.75) is 20.4 Å². The zero-order chi connectivity index (χ0) is 29.1. The Morgan fingerprint density at radius 2 is 1.63 bits per heavy atom. The van der Waals surface area contributed by atoms with Crippen LogP contribution in [0.5, 0.6) is 5.75 Å². The monoisotopic (exact) mass is 571 g/mol. The van der Waals surface area contributed by atoms with Gasteiger partial charge >= 0.3 is 0 Å². The van der Waals surface area contributed by atoms with Crippen LogP contribution in [0, 0.1) is 11.7 Å². The normalized spacial score (nSPS) is 12.5. The molecule has 0 unspecified atom stereocenters. The Balaban J connectivity index is 1.31. The molecule has 0 saturated carbocycles. The number of rotatable bonds is 7. The number of nitrogens with one attached hydrogen (secondary N) is 2. The molecule has 0 spiro atoms. The van der Waals surface area contributed by atoms with E-state index in [1.807, 2.05) is 12.1 Å². The van der Waals surface area contributed by atoms with Crippen LogP contribution in [0.25, 0.3) is 11.1 Å². The molecule has 4 aromatic rings. The molecule has 0 aliphatic carbocycles. The number of halogens is 2. The Kier molecular flexibility index (Phi) is 8.03. The second-order valence-corrected chi connectivity index (χ2v) is 10.3. The zero-order valence-electron chi connectivity index (χ0n) is 22.4. The van der Waals surface area contributed by atoms with Crippen molar-refractivity contribution in [2.24, 2.45) is 5.92 Å². The van der Waals surface area contributed by atoms with Crippen LogP contribution >= 0.6 is 11.6 Å². The van der Waals surface area contributed by atoms with E-state index in [-0.39, 0.29) is 47.4 Å². The van der Waals surface area contributed by atoms with Gasteiger partial charge in [-0.25, -0.2) is 4.39 Å². The van der Waals surface area contributed by atoms with Crippen molar-refractivity contribution in [2.75, 3.05) is 16.9 Å². The summed E-state index contributed by atoms with van der Waals surface area (Å²) in [6, 6.07) is 23.3. The highest BCUT2D eigenvalue weighted by Gasteiger charge is 2.27. The Bertz CT molecular complexity index is 1620. The van der Waals surface area contributed by atoms with Gasteiger partial charge in [0.1, 0.15) is 11.6 Å². The van der Waals surface area contributed by atoms with Crippen LogP contribution in [0.2, 0.25) is 5.02 Å². The topological polar surface area (TPSA) is 87.7 Å². The lowest BCUT2D eigenvalue weighted by Crippen LogP contribution is -2.38. The summed E-state index contributed by atoms with van der Waals surface area (Å²) < 4.78 is 19.1. The number of hydrogen-bond donors (Lipinski definition) is 2. The molecule has 7 nitrogen and oxygen atoms in total. The Labute approximate surface area is 241 Å². The molecule has 0 fully saturated rings. The van der Waals surface area contributed by atoms with Gasteiger partial charge in [0.25, 0.3) is 11.8 Å². The number of carbonyl (C=O) groups is 3. The number of ether oxygens (including phenoxy) is 1. The van der Waals surface area contributed by atoms with Crippen LogP contribution in [0.15, 0.2) is 84.9 Å². The molecular weight excluding hydrogens is 545 g/mol. The van der Waals surface area contributed by atoms with Crippen LogP contribution in [0.1, 0.15) is 40.1 Å². The van der Waals surface area contributed by atoms with E-state index in [1.54, 1.807) is 74.5 Å². The van der Waals surface area contributed by atoms with Crippen LogP contribution in [0.3, 0.4) is 0 Å². The van der Waals surface area contributed by atoms with Gasteiger partial charge in [0, 0.05) is 23.8 Å². The average molecular weight is 572 g/mol. The number of nitrogens with zero attached hydrogens (tertiary/aromatic N) is 1. The molecule has 0 bridgehead atoms. The van der Waals surface area contributed by atoms with Gasteiger partial charge in [-0.05, 0) is 71.3 Å². The van der Waals surface area contributed by atoms with Crippen molar-refractivity contribution in [3.63, 3.8) is 0 Å². The summed E-state index contributed by atoms with van der Waals surface area (Å²) in [6.07, 6.45) is 0. The quantitative estimate of drug-likeness (QED) is 0.259. The Morgan fingerprint density at radius 3 is 2.32 bits per heavy atom. The first-order chi connectivity index (χ1) is 19.7. The average Bonchev–Trinajstić information content (AvgIpc) is 2.97. The molecule has 1 aliphatic heterocycles. The molecule has 1 heterocycles. The first-order valence-electron chi connectivity index (χ1n) is 13.0. The van der Waals surface area contributed by atoms with E-state index in [2.05, 4.69) is 10.6 Å². The van der Waals surface area contributed by atoms with Crippen molar-refractivity contribution in [1.29, 1.82) is 0 Å². The maximum absolute atomic E-state index is 13.4. The van der Waals surface area contributed by atoms with E-state index in [0.29, 0.717) is 22.7 Å². The van der Waals surface area contributed by atoms with Gasteiger partial charge in [0.15, 0.2) is 6.73 Å². The number of hydrogen-bond acceptors (Lipinski definition) is 4. The summed E-state index contributed by atoms with van der Waals surface area (Å²) >= 11 is 6.31. The molecule has 41 heavy (non-hydrogen) atoms. The molecule has 0 radical (unpaired) electrons. The number of fused-ring (bicyclic) bond motifs is 1. The van der Waals surface area contributed by atoms with Crippen LogP contribution in [-0.4, -0.2) is 24.5 Å². The molecule has 0 atom stereocenters. The van der Waals surface area contributed by atoms with E-state index < -0.39 is 5.91 Å². The van der Waals surface area contributed by atoms with Gasteiger partial charge in [-0.15, -0.1) is 0 Å². The third-order valence-corrected chi connectivity index (χ3v) is 7.01. The van der Waals surface area contributed by atoms with Gasteiger partial charge in [0.05, 0.1) is 16.1 Å². The highest BCUT2D eigenvalue weighted by atomic mass is 35.5. The second kappa shape index (κ2) is 11.8. The number of anilines is 2. The molecule has 4 aromatic carbocycles. The zero-order valence-corrected chi connectivity index (χ0v) is 23.2. The van der Waals surface area contributed by atoms with Gasteiger partial charge in [-0.1, -0.05) is 55.8 Å². The minimum atomic E-state index is -0.454. The predicted octanol–water partition coefficient (Wildman–Crippen LogP) is 6.67. The second-order valence-electron chi connectivity index (χ2n) is 9.91. The molecular formula is C32H27ClFN3O4. The third kappa shape index (κ3) is 6.23. The summed E-state index contributed by atoms with van der Waals surface area (Å²) in [4.78, 5) is 39.9. The maximum atomic E-state index is 13.4. The van der Waals surface area contributed by atoms with Crippen LogP contribution in [-0.2, 0) is 11.3 Å². The summed E-state index contributed by atoms with van der Waals surface area (Å²) in [5, 5.41) is 5.88. The van der Waals surface area contributed by atoms with Crippen molar-refractivity contribution in [3.8, 4) is 16.9 Å². The van der Waals surface area contributed by atoms with E-state index in [9.17, 15) is 18.8 Å². The fraction of sp³-hybridized carbons (Fsp3) is 0.156. The minimum absolute atomic E-state index is 0.0309. The minimum Gasteiger partial charge on any atom is -0.472 e. The third-order valence-electron chi connectivity index (χ3n) is 6.69. The van der Waals surface area contributed by atoms with Crippen LogP contribution in [0.4, 0.5) is 15.8 Å². The molecule has 1 aliphatic rings. The highest BCUT2D eigenvalue weighted by molar-refractivity contribution is 6.34. The van der Waals surface area contributed by atoms with Crippen LogP contribution < -0.4 is 20.3 Å². The molecule has 2 N–H and O–H groups in total. The summed E-state index contributed by atoms with van der Waals surface area (Å²) in [7, 11) is 0. The molecule has 9 heteroatoms. The van der Waals surface area contributed by atoms with Crippen molar-refractivity contribution in [1.82, 2.24) is 5.32 Å². The van der Waals surface area contributed by atoms with Crippen molar-refractivity contribution in [3.05, 3.63) is 112 Å². The fourth-order valence-corrected chi connectivity index (χ4v) is 4.56. The smallest absolute Gasteiger partial charge is 0.264 e. The SMILES string of the molecule is CC(C)C(=O)NCc1ccc(Cl)c(C(=O)Nc2ccc3c(c2)C(=O)N(c2ccc(-c4ccc(F)cc4)cc2)CO3)c1. The van der Waals surface area contributed by atoms with Gasteiger partial charge in [-0.2, -0.15) is 0 Å². The maximum Gasteiger partial charge on any atom is 0.264 e.